The molecule has 0 aromatic rings. The van der Waals surface area contributed by atoms with Gasteiger partial charge in [0, 0.05) is 0 Å². The molecule has 8 aliphatic rings. The van der Waals surface area contributed by atoms with E-state index in [1.807, 2.05) is 20.8 Å². The lowest BCUT2D eigenvalue weighted by atomic mass is 9.50. The van der Waals surface area contributed by atoms with Gasteiger partial charge in [0.15, 0.2) is 0 Å². The minimum absolute atomic E-state index is 0.127. The molecule has 2 nitrogen and oxygen atoms in total. The van der Waals surface area contributed by atoms with E-state index in [4.69, 9.17) is 4.74 Å². The third-order valence-corrected chi connectivity index (χ3v) is 12.5. The first-order chi connectivity index (χ1) is 14.3. The molecule has 162 valence electrons. The molecule has 0 aromatic carbocycles. The van der Waals surface area contributed by atoms with E-state index in [0.717, 1.165) is 77.4 Å². The van der Waals surface area contributed by atoms with Gasteiger partial charge in [-0.1, -0.05) is 19.1 Å². The molecule has 8 rings (SSSR count). The van der Waals surface area contributed by atoms with Crippen LogP contribution in [0.3, 0.4) is 0 Å². The Hall–Kier alpha value is -0.790. The molecule has 0 aliphatic heterocycles. The predicted octanol–water partition coefficient (Wildman–Crippen LogP) is 5.58. The highest BCUT2D eigenvalue weighted by molar-refractivity contribution is 5.74. The molecule has 0 saturated heterocycles. The molecule has 0 amide bonds. The Bertz CT molecular complexity index is 866. The van der Waals surface area contributed by atoms with Gasteiger partial charge in [0.05, 0.1) is 5.92 Å². The van der Waals surface area contributed by atoms with Crippen LogP contribution in [0, 0.1) is 88.3 Å². The zero-order valence-corrected chi connectivity index (χ0v) is 19.1. The largest absolute Gasteiger partial charge is 0.460 e. The van der Waals surface area contributed by atoms with Crippen molar-refractivity contribution in [2.45, 2.75) is 65.4 Å². The van der Waals surface area contributed by atoms with E-state index in [1.165, 1.54) is 19.3 Å². The van der Waals surface area contributed by atoms with E-state index in [9.17, 15) is 4.79 Å². The lowest BCUT2D eigenvalue weighted by molar-refractivity contribution is -0.165. The molecular formula is C28H38O2. The Morgan fingerprint density at radius 1 is 0.833 bits per heavy atom. The van der Waals surface area contributed by atoms with Crippen molar-refractivity contribution in [2.24, 2.45) is 88.3 Å². The molecule has 15 atom stereocenters. The first kappa shape index (κ1) is 17.7. The lowest BCUT2D eigenvalue weighted by Crippen LogP contribution is -2.51. The van der Waals surface area contributed by atoms with Crippen LogP contribution in [0.15, 0.2) is 12.2 Å². The maximum Gasteiger partial charge on any atom is 0.309 e. The van der Waals surface area contributed by atoms with E-state index in [2.05, 4.69) is 19.1 Å². The fourth-order valence-electron chi connectivity index (χ4n) is 12.7. The SMILES string of the molecule is CC(C)(C)OC(=O)C1CC2CC1C1C2C2CC1(C)C1C3CC(C4C5C=CC(C5)C34)C21. The summed E-state index contributed by atoms with van der Waals surface area (Å²) in [5.41, 5.74) is 0.174. The van der Waals surface area contributed by atoms with Crippen LogP contribution in [0.5, 0.6) is 0 Å². The van der Waals surface area contributed by atoms with Gasteiger partial charge in [-0.25, -0.2) is 0 Å². The van der Waals surface area contributed by atoms with Gasteiger partial charge in [0.25, 0.3) is 0 Å². The van der Waals surface area contributed by atoms with E-state index < -0.39 is 0 Å². The van der Waals surface area contributed by atoms with Crippen molar-refractivity contribution >= 4 is 5.97 Å². The molecule has 0 heterocycles. The average Bonchev–Trinajstić information content (AvgIpc) is 3.49. The van der Waals surface area contributed by atoms with Crippen LogP contribution < -0.4 is 0 Å². The Balaban J connectivity index is 1.14. The number of hydrogen-bond donors (Lipinski definition) is 0. The highest BCUT2D eigenvalue weighted by Crippen LogP contribution is 2.84. The number of esters is 1. The highest BCUT2D eigenvalue weighted by atomic mass is 16.6. The third-order valence-electron chi connectivity index (χ3n) is 12.5. The molecular weight excluding hydrogens is 368 g/mol. The normalized spacial score (nSPS) is 64.8. The van der Waals surface area contributed by atoms with Crippen molar-refractivity contribution in [2.75, 3.05) is 0 Å². The van der Waals surface area contributed by atoms with Crippen LogP contribution in [-0.2, 0) is 9.53 Å². The Morgan fingerprint density at radius 3 is 2.27 bits per heavy atom. The second kappa shape index (κ2) is 5.07. The Labute approximate surface area is 181 Å². The van der Waals surface area contributed by atoms with Gasteiger partial charge in [-0.2, -0.15) is 0 Å². The smallest absolute Gasteiger partial charge is 0.309 e. The fourth-order valence-corrected chi connectivity index (χ4v) is 12.7. The maximum absolute atomic E-state index is 13.1. The summed E-state index contributed by atoms with van der Waals surface area (Å²) in [5, 5.41) is 0. The third kappa shape index (κ3) is 1.79. The molecule has 0 spiro atoms. The lowest BCUT2D eigenvalue weighted by Gasteiger charge is -2.54. The van der Waals surface area contributed by atoms with Crippen molar-refractivity contribution in [1.82, 2.24) is 0 Å². The number of rotatable bonds is 1. The van der Waals surface area contributed by atoms with Gasteiger partial charge in [-0.05, 0) is 135 Å². The van der Waals surface area contributed by atoms with Crippen LogP contribution in [0.4, 0.5) is 0 Å². The molecule has 2 heteroatoms. The van der Waals surface area contributed by atoms with E-state index in [1.54, 1.807) is 6.42 Å². The molecule has 8 aliphatic carbocycles. The van der Waals surface area contributed by atoms with Gasteiger partial charge < -0.3 is 4.74 Å². The summed E-state index contributed by atoms with van der Waals surface area (Å²) in [4.78, 5) is 13.1. The molecule has 0 N–H and O–H groups in total. The van der Waals surface area contributed by atoms with Crippen molar-refractivity contribution in [3.63, 3.8) is 0 Å². The van der Waals surface area contributed by atoms with E-state index >= 15 is 0 Å². The molecule has 0 radical (unpaired) electrons. The number of hydrogen-bond acceptors (Lipinski definition) is 2. The van der Waals surface area contributed by atoms with Crippen molar-refractivity contribution in [3.05, 3.63) is 12.2 Å². The van der Waals surface area contributed by atoms with E-state index in [0.29, 0.717) is 11.3 Å². The summed E-state index contributed by atoms with van der Waals surface area (Å²) in [7, 11) is 0. The summed E-state index contributed by atoms with van der Waals surface area (Å²) < 4.78 is 5.92. The van der Waals surface area contributed by atoms with Crippen LogP contribution in [0.25, 0.3) is 0 Å². The second-order valence-corrected chi connectivity index (χ2v) is 14.3. The zero-order chi connectivity index (χ0) is 20.3. The average molecular weight is 407 g/mol. The molecule has 15 unspecified atom stereocenters. The summed E-state index contributed by atoms with van der Waals surface area (Å²) >= 11 is 0. The first-order valence-electron chi connectivity index (χ1n) is 13.2. The zero-order valence-electron chi connectivity index (χ0n) is 19.1. The molecule has 0 aromatic heterocycles. The standard InChI is InChI=1S/C28H38O2/c1-27(2,3)30-26(29)16-9-14-8-15(16)24-22(14)19-11-28(24,4)25-18-10-17(23(19)25)20-12-5-6-13(7-12)21(18)20/h5-6,12-25H,7-11H2,1-4H3. The van der Waals surface area contributed by atoms with Gasteiger partial charge >= 0.3 is 5.97 Å². The second-order valence-electron chi connectivity index (χ2n) is 14.3. The van der Waals surface area contributed by atoms with Crippen LogP contribution in [0.1, 0.15) is 59.8 Å². The number of carbonyl (C=O) groups excluding carboxylic acids is 1. The summed E-state index contributed by atoms with van der Waals surface area (Å²) in [6.45, 7) is 8.79. The Kier molecular flexibility index (Phi) is 2.99. The number of carbonyl (C=O) groups is 1. The molecule has 7 saturated carbocycles. The van der Waals surface area contributed by atoms with Crippen LogP contribution in [-0.4, -0.2) is 11.6 Å². The highest BCUT2D eigenvalue weighted by Gasteiger charge is 2.79. The summed E-state index contributed by atoms with van der Waals surface area (Å²) in [6.07, 6.45) is 12.2. The maximum atomic E-state index is 13.1. The molecule has 30 heavy (non-hydrogen) atoms. The van der Waals surface area contributed by atoms with Crippen molar-refractivity contribution in [1.29, 1.82) is 0 Å². The molecule has 7 fully saturated rings. The van der Waals surface area contributed by atoms with Gasteiger partial charge in [0.1, 0.15) is 5.60 Å². The van der Waals surface area contributed by atoms with Crippen molar-refractivity contribution in [3.8, 4) is 0 Å². The Morgan fingerprint density at radius 2 is 1.53 bits per heavy atom. The first-order valence-corrected chi connectivity index (χ1v) is 13.2. The monoisotopic (exact) mass is 406 g/mol. The summed E-state index contributed by atoms with van der Waals surface area (Å²) in [5.74, 6) is 12.6. The van der Waals surface area contributed by atoms with Gasteiger partial charge in [-0.15, -0.1) is 0 Å². The number of fused-ring (bicyclic) bond motifs is 23. The van der Waals surface area contributed by atoms with Gasteiger partial charge in [-0.3, -0.25) is 4.79 Å². The van der Waals surface area contributed by atoms with Crippen LogP contribution >= 0.6 is 0 Å². The minimum atomic E-state index is -0.350. The predicted molar refractivity (Wildman–Crippen MR) is 115 cm³/mol. The van der Waals surface area contributed by atoms with Crippen LogP contribution in [0.2, 0.25) is 0 Å². The van der Waals surface area contributed by atoms with E-state index in [-0.39, 0.29) is 17.5 Å². The quantitative estimate of drug-likeness (QED) is 0.323. The number of allylic oxidation sites excluding steroid dienone is 2. The van der Waals surface area contributed by atoms with Gasteiger partial charge in [0.2, 0.25) is 0 Å². The van der Waals surface area contributed by atoms with Crippen molar-refractivity contribution < 1.29 is 9.53 Å². The molecule has 8 bridgehead atoms. The topological polar surface area (TPSA) is 26.3 Å². The number of ether oxygens (including phenoxy) is 1. The fraction of sp³-hybridized carbons (Fsp3) is 0.893. The minimum Gasteiger partial charge on any atom is -0.460 e. The summed E-state index contributed by atoms with van der Waals surface area (Å²) in [6, 6.07) is 0.